The lowest BCUT2D eigenvalue weighted by Crippen LogP contribution is -2.48. The molecule has 8 heteroatoms. The van der Waals surface area contributed by atoms with Gasteiger partial charge >= 0.3 is 10.2 Å². The average Bonchev–Trinajstić information content (AvgIpc) is 3.54. The van der Waals surface area contributed by atoms with Crippen molar-refractivity contribution in [1.29, 1.82) is 0 Å². The fraction of sp³-hybridized carbons (Fsp3) is 0.435. The number of hydrogen-bond acceptors (Lipinski definition) is 4. The molecule has 0 aromatic heterocycles. The van der Waals surface area contributed by atoms with Crippen LogP contribution in [0.15, 0.2) is 36.4 Å². The Morgan fingerprint density at radius 2 is 1.94 bits per heavy atom. The van der Waals surface area contributed by atoms with Crippen LogP contribution >= 0.6 is 0 Å². The van der Waals surface area contributed by atoms with Crippen LogP contribution in [0.4, 0.5) is 10.1 Å². The first-order chi connectivity index (χ1) is 14.7. The topological polar surface area (TPSA) is 75.7 Å². The van der Waals surface area contributed by atoms with Crippen molar-refractivity contribution < 1.29 is 22.3 Å². The van der Waals surface area contributed by atoms with Crippen LogP contribution in [-0.2, 0) is 26.8 Å². The Bertz CT molecular complexity index is 1130. The van der Waals surface area contributed by atoms with Gasteiger partial charge in [-0.25, -0.2) is 9.11 Å². The number of amides is 1. The van der Waals surface area contributed by atoms with E-state index in [-0.39, 0.29) is 11.7 Å². The Morgan fingerprint density at radius 3 is 2.58 bits per heavy atom. The standard InChI is InChI=1S/C23H27FN2O4S/c1-15(2)17-13-18(21(30-3)14-19(17)24)23(10-11-23)22(27)25-31(28,29)26-12-6-8-16-7-4-5-9-20(16)26/h4-5,7,9,13-15H,6,8,10-12H2,1-3H3,(H,25,27). The number of ether oxygens (including phenoxy) is 1. The molecule has 0 bridgehead atoms. The highest BCUT2D eigenvalue weighted by Gasteiger charge is 2.54. The molecule has 4 rings (SSSR count). The predicted molar refractivity (Wildman–Crippen MR) is 117 cm³/mol. The summed E-state index contributed by atoms with van der Waals surface area (Å²) in [6, 6.07) is 10.2. The third-order valence-corrected chi connectivity index (χ3v) is 7.62. The fourth-order valence-electron chi connectivity index (χ4n) is 4.32. The van der Waals surface area contributed by atoms with Gasteiger partial charge in [-0.05, 0) is 54.9 Å². The van der Waals surface area contributed by atoms with Crippen molar-refractivity contribution in [1.82, 2.24) is 4.72 Å². The summed E-state index contributed by atoms with van der Waals surface area (Å²) >= 11 is 0. The lowest BCUT2D eigenvalue weighted by atomic mass is 9.89. The van der Waals surface area contributed by atoms with Crippen molar-refractivity contribution >= 4 is 21.8 Å². The van der Waals surface area contributed by atoms with E-state index in [2.05, 4.69) is 4.72 Å². The summed E-state index contributed by atoms with van der Waals surface area (Å²) in [6.45, 7) is 4.04. The van der Waals surface area contributed by atoms with E-state index in [0.29, 0.717) is 42.6 Å². The molecule has 1 N–H and O–H groups in total. The van der Waals surface area contributed by atoms with Crippen molar-refractivity contribution in [2.75, 3.05) is 18.0 Å². The molecule has 0 unspecified atom stereocenters. The van der Waals surface area contributed by atoms with Gasteiger partial charge in [-0.15, -0.1) is 0 Å². The van der Waals surface area contributed by atoms with Crippen molar-refractivity contribution in [3.05, 3.63) is 58.9 Å². The molecule has 1 amide bonds. The van der Waals surface area contributed by atoms with Crippen LogP contribution in [0.2, 0.25) is 0 Å². The number of rotatable bonds is 6. The Kier molecular flexibility index (Phi) is 5.45. The maximum atomic E-state index is 14.4. The Morgan fingerprint density at radius 1 is 1.23 bits per heavy atom. The summed E-state index contributed by atoms with van der Waals surface area (Å²) < 4.78 is 49.7. The minimum absolute atomic E-state index is 0.0860. The Hall–Kier alpha value is -2.61. The molecule has 0 saturated heterocycles. The van der Waals surface area contributed by atoms with Gasteiger partial charge in [0.2, 0.25) is 5.91 Å². The van der Waals surface area contributed by atoms with E-state index in [1.807, 2.05) is 26.0 Å². The van der Waals surface area contributed by atoms with Crippen molar-refractivity contribution in [3.8, 4) is 5.75 Å². The third-order valence-electron chi connectivity index (χ3n) is 6.22. The normalized spacial score (nSPS) is 17.3. The Balaban J connectivity index is 1.66. The first kappa shape index (κ1) is 21.6. The number of benzene rings is 2. The number of hydrogen-bond donors (Lipinski definition) is 1. The molecule has 1 aliphatic carbocycles. The molecule has 0 spiro atoms. The van der Waals surface area contributed by atoms with Gasteiger partial charge in [0.25, 0.3) is 0 Å². The molecular weight excluding hydrogens is 419 g/mol. The van der Waals surface area contributed by atoms with Crippen LogP contribution < -0.4 is 13.8 Å². The smallest absolute Gasteiger partial charge is 0.326 e. The molecule has 0 atom stereocenters. The van der Waals surface area contributed by atoms with Gasteiger partial charge in [-0.1, -0.05) is 32.0 Å². The van der Waals surface area contributed by atoms with Crippen LogP contribution in [0, 0.1) is 5.82 Å². The highest BCUT2D eigenvalue weighted by molar-refractivity contribution is 7.91. The molecule has 2 aliphatic rings. The van der Waals surface area contributed by atoms with Crippen molar-refractivity contribution in [3.63, 3.8) is 0 Å². The molecule has 31 heavy (non-hydrogen) atoms. The average molecular weight is 447 g/mol. The van der Waals surface area contributed by atoms with Crippen molar-refractivity contribution in [2.24, 2.45) is 0 Å². The largest absolute Gasteiger partial charge is 0.496 e. The number of nitrogens with zero attached hydrogens (tertiary/aromatic N) is 1. The Labute approximate surface area is 182 Å². The molecule has 1 saturated carbocycles. The minimum atomic E-state index is -4.08. The summed E-state index contributed by atoms with van der Waals surface area (Å²) in [5, 5.41) is 0. The lowest BCUT2D eigenvalue weighted by Gasteiger charge is -2.31. The quantitative estimate of drug-likeness (QED) is 0.732. The first-order valence-corrected chi connectivity index (χ1v) is 11.9. The number of nitrogens with one attached hydrogen (secondary N) is 1. The number of carbonyl (C=O) groups excluding carboxylic acids is 1. The fourth-order valence-corrected chi connectivity index (χ4v) is 5.67. The maximum absolute atomic E-state index is 14.4. The molecule has 0 radical (unpaired) electrons. The number of methoxy groups -OCH3 is 1. The number of anilines is 1. The second-order valence-electron chi connectivity index (χ2n) is 8.55. The van der Waals surface area contributed by atoms with E-state index in [1.165, 1.54) is 17.5 Å². The molecule has 1 aliphatic heterocycles. The summed E-state index contributed by atoms with van der Waals surface area (Å²) in [6.07, 6.45) is 2.43. The van der Waals surface area contributed by atoms with E-state index in [9.17, 15) is 17.6 Å². The summed E-state index contributed by atoms with van der Waals surface area (Å²) in [5.41, 5.74) is 1.51. The molecule has 1 fully saturated rings. The predicted octanol–water partition coefficient (Wildman–Crippen LogP) is 3.80. The van der Waals surface area contributed by atoms with E-state index in [0.717, 1.165) is 12.0 Å². The van der Waals surface area contributed by atoms with Gasteiger partial charge in [-0.2, -0.15) is 8.42 Å². The monoisotopic (exact) mass is 446 g/mol. The molecule has 2 aromatic rings. The summed E-state index contributed by atoms with van der Waals surface area (Å²) in [4.78, 5) is 13.3. The third kappa shape index (κ3) is 3.78. The second-order valence-corrected chi connectivity index (χ2v) is 10.1. The van der Waals surface area contributed by atoms with Gasteiger partial charge in [0, 0.05) is 18.2 Å². The van der Waals surface area contributed by atoms with Gasteiger partial charge < -0.3 is 4.74 Å². The van der Waals surface area contributed by atoms with Crippen LogP contribution in [0.3, 0.4) is 0 Å². The minimum Gasteiger partial charge on any atom is -0.496 e. The molecule has 6 nitrogen and oxygen atoms in total. The van der Waals surface area contributed by atoms with Crippen LogP contribution in [0.5, 0.6) is 5.75 Å². The highest BCUT2D eigenvalue weighted by Crippen LogP contribution is 2.52. The van der Waals surface area contributed by atoms with Gasteiger partial charge in [-0.3, -0.25) is 9.10 Å². The molecular formula is C23H27FN2O4S. The second kappa shape index (κ2) is 7.82. The van der Waals surface area contributed by atoms with Crippen LogP contribution in [0.25, 0.3) is 0 Å². The van der Waals surface area contributed by atoms with E-state index < -0.39 is 27.3 Å². The lowest BCUT2D eigenvalue weighted by molar-refractivity contribution is -0.121. The van der Waals surface area contributed by atoms with E-state index in [1.54, 1.807) is 18.2 Å². The maximum Gasteiger partial charge on any atom is 0.326 e. The van der Waals surface area contributed by atoms with Gasteiger partial charge in [0.15, 0.2) is 0 Å². The van der Waals surface area contributed by atoms with Gasteiger partial charge in [0.05, 0.1) is 18.2 Å². The zero-order valence-corrected chi connectivity index (χ0v) is 18.8. The van der Waals surface area contributed by atoms with E-state index in [4.69, 9.17) is 4.74 Å². The van der Waals surface area contributed by atoms with Gasteiger partial charge in [0.1, 0.15) is 11.6 Å². The first-order valence-electron chi connectivity index (χ1n) is 10.5. The SMILES string of the molecule is COc1cc(F)c(C(C)C)cc1C1(C(=O)NS(=O)(=O)N2CCCc3ccccc32)CC1. The number of carbonyl (C=O) groups is 1. The van der Waals surface area contributed by atoms with Crippen molar-refractivity contribution in [2.45, 2.75) is 50.9 Å². The van der Waals surface area contributed by atoms with Crippen LogP contribution in [0.1, 0.15) is 55.7 Å². The number of fused-ring (bicyclic) bond motifs is 1. The summed E-state index contributed by atoms with van der Waals surface area (Å²) in [5.74, 6) is -0.827. The zero-order chi connectivity index (χ0) is 22.4. The van der Waals surface area contributed by atoms with E-state index >= 15 is 0 Å². The number of para-hydroxylation sites is 1. The zero-order valence-electron chi connectivity index (χ0n) is 17.9. The van der Waals surface area contributed by atoms with Crippen LogP contribution in [-0.4, -0.2) is 28.0 Å². The highest BCUT2D eigenvalue weighted by atomic mass is 32.2. The molecule has 1 heterocycles. The molecule has 166 valence electrons. The molecule has 2 aromatic carbocycles. The summed E-state index contributed by atoms with van der Waals surface area (Å²) in [7, 11) is -2.66. The number of halogens is 1. The number of aryl methyl sites for hydroxylation is 1.